The molecule has 0 aromatic heterocycles. The first-order chi connectivity index (χ1) is 7.79. The number of hydrogen-bond donors (Lipinski definition) is 0. The van der Waals surface area contributed by atoms with E-state index in [4.69, 9.17) is 4.99 Å². The average molecular weight is 221 g/mol. The van der Waals surface area contributed by atoms with Gasteiger partial charge in [-0.3, -0.25) is 4.99 Å². The SMILES string of the molecule is CCCC/C=C1/C(CCCCC)=NCC1C. The maximum Gasteiger partial charge on any atom is 0.0459 e. The molecule has 1 nitrogen and oxygen atoms in total. The molecule has 0 fully saturated rings. The smallest absolute Gasteiger partial charge is 0.0459 e. The van der Waals surface area contributed by atoms with Crippen LogP contribution in [0.2, 0.25) is 0 Å². The van der Waals surface area contributed by atoms with Crippen LogP contribution in [-0.4, -0.2) is 12.3 Å². The minimum absolute atomic E-state index is 0.675. The van der Waals surface area contributed by atoms with Crippen molar-refractivity contribution in [2.45, 2.75) is 65.7 Å². The van der Waals surface area contributed by atoms with Gasteiger partial charge in [0.05, 0.1) is 0 Å². The fraction of sp³-hybridized carbons (Fsp3) is 0.800. The highest BCUT2D eigenvalue weighted by atomic mass is 14.8. The summed E-state index contributed by atoms with van der Waals surface area (Å²) in [6.07, 6.45) is 11.5. The van der Waals surface area contributed by atoms with Crippen molar-refractivity contribution in [2.24, 2.45) is 10.9 Å². The predicted octanol–water partition coefficient (Wildman–Crippen LogP) is 4.77. The Bertz CT molecular complexity index is 250. The van der Waals surface area contributed by atoms with Crippen LogP contribution in [-0.2, 0) is 0 Å². The van der Waals surface area contributed by atoms with Crippen molar-refractivity contribution in [2.75, 3.05) is 6.54 Å². The molecule has 1 aliphatic rings. The van der Waals surface area contributed by atoms with Crippen LogP contribution in [0, 0.1) is 5.92 Å². The van der Waals surface area contributed by atoms with E-state index >= 15 is 0 Å². The fourth-order valence-corrected chi connectivity index (χ4v) is 2.27. The van der Waals surface area contributed by atoms with Crippen molar-refractivity contribution in [1.82, 2.24) is 0 Å². The summed E-state index contributed by atoms with van der Waals surface area (Å²) in [6, 6.07) is 0. The van der Waals surface area contributed by atoms with Gasteiger partial charge in [0, 0.05) is 18.2 Å². The third kappa shape index (κ3) is 4.11. The van der Waals surface area contributed by atoms with Crippen LogP contribution in [0.4, 0.5) is 0 Å². The standard InChI is InChI=1S/C15H27N/c1-4-6-8-10-14-13(3)12-16-15(14)11-9-7-5-2/h10,13H,4-9,11-12H2,1-3H3/b14-10+. The Balaban J connectivity index is 2.44. The maximum absolute atomic E-state index is 4.70. The molecule has 1 heterocycles. The summed E-state index contributed by atoms with van der Waals surface area (Å²) in [5.41, 5.74) is 2.97. The van der Waals surface area contributed by atoms with Gasteiger partial charge in [-0.05, 0) is 24.8 Å². The van der Waals surface area contributed by atoms with E-state index in [1.807, 2.05) is 0 Å². The molecule has 0 saturated carbocycles. The lowest BCUT2D eigenvalue weighted by Crippen LogP contribution is -2.04. The van der Waals surface area contributed by atoms with Crippen LogP contribution < -0.4 is 0 Å². The molecule has 0 bridgehead atoms. The van der Waals surface area contributed by atoms with Gasteiger partial charge in [-0.2, -0.15) is 0 Å². The molecule has 1 unspecified atom stereocenters. The van der Waals surface area contributed by atoms with Crippen LogP contribution in [0.25, 0.3) is 0 Å². The van der Waals surface area contributed by atoms with Gasteiger partial charge in [-0.25, -0.2) is 0 Å². The minimum atomic E-state index is 0.675. The van der Waals surface area contributed by atoms with E-state index in [9.17, 15) is 0 Å². The summed E-state index contributed by atoms with van der Waals surface area (Å²) in [4.78, 5) is 4.70. The third-order valence-corrected chi connectivity index (χ3v) is 3.36. The molecule has 0 aromatic rings. The number of rotatable bonds is 7. The number of aliphatic imine (C=N–C) groups is 1. The van der Waals surface area contributed by atoms with Gasteiger partial charge in [0.15, 0.2) is 0 Å². The van der Waals surface area contributed by atoms with Crippen LogP contribution in [0.15, 0.2) is 16.6 Å². The monoisotopic (exact) mass is 221 g/mol. The third-order valence-electron chi connectivity index (χ3n) is 3.36. The van der Waals surface area contributed by atoms with E-state index in [-0.39, 0.29) is 0 Å². The molecular formula is C15H27N. The molecule has 0 N–H and O–H groups in total. The molecular weight excluding hydrogens is 194 g/mol. The summed E-state index contributed by atoms with van der Waals surface area (Å²) >= 11 is 0. The van der Waals surface area contributed by atoms with E-state index in [1.165, 1.54) is 50.7 Å². The summed E-state index contributed by atoms with van der Waals surface area (Å²) in [5, 5.41) is 0. The molecule has 0 saturated heterocycles. The second-order valence-corrected chi connectivity index (χ2v) is 4.95. The van der Waals surface area contributed by atoms with Crippen LogP contribution in [0.1, 0.15) is 65.7 Å². The predicted molar refractivity (Wildman–Crippen MR) is 73.2 cm³/mol. The van der Waals surface area contributed by atoms with E-state index in [0.29, 0.717) is 5.92 Å². The van der Waals surface area contributed by atoms with Gasteiger partial charge >= 0.3 is 0 Å². The van der Waals surface area contributed by atoms with E-state index in [0.717, 1.165) is 6.54 Å². The first-order valence-corrected chi connectivity index (χ1v) is 7.03. The number of nitrogens with zero attached hydrogens (tertiary/aromatic N) is 1. The quantitative estimate of drug-likeness (QED) is 0.549. The van der Waals surface area contributed by atoms with Crippen LogP contribution in [0.3, 0.4) is 0 Å². The van der Waals surface area contributed by atoms with Crippen molar-refractivity contribution >= 4 is 5.71 Å². The molecule has 92 valence electrons. The Morgan fingerprint density at radius 2 is 1.94 bits per heavy atom. The maximum atomic E-state index is 4.70. The normalized spacial score (nSPS) is 22.8. The molecule has 0 radical (unpaired) electrons. The van der Waals surface area contributed by atoms with Gasteiger partial charge < -0.3 is 0 Å². The molecule has 1 rings (SSSR count). The number of allylic oxidation sites excluding steroid dienone is 1. The van der Waals surface area contributed by atoms with Crippen LogP contribution >= 0.6 is 0 Å². The number of hydrogen-bond acceptors (Lipinski definition) is 1. The molecule has 1 atom stereocenters. The van der Waals surface area contributed by atoms with Gasteiger partial charge in [0.1, 0.15) is 0 Å². The topological polar surface area (TPSA) is 12.4 Å². The fourth-order valence-electron chi connectivity index (χ4n) is 2.27. The molecule has 0 aromatic carbocycles. The van der Waals surface area contributed by atoms with E-state index in [2.05, 4.69) is 26.8 Å². The lowest BCUT2D eigenvalue weighted by molar-refractivity contribution is 0.733. The summed E-state index contributed by atoms with van der Waals surface area (Å²) in [6.45, 7) is 7.86. The Kier molecular flexibility index (Phi) is 6.44. The summed E-state index contributed by atoms with van der Waals surface area (Å²) < 4.78 is 0. The first kappa shape index (κ1) is 13.5. The average Bonchev–Trinajstić information content (AvgIpc) is 2.62. The lowest BCUT2D eigenvalue weighted by atomic mass is 9.95. The Labute approximate surface area is 101 Å². The van der Waals surface area contributed by atoms with Crippen molar-refractivity contribution in [3.05, 3.63) is 11.6 Å². The molecule has 1 aliphatic heterocycles. The molecule has 0 aliphatic carbocycles. The lowest BCUT2D eigenvalue weighted by Gasteiger charge is -2.08. The molecule has 16 heavy (non-hydrogen) atoms. The second kappa shape index (κ2) is 7.65. The summed E-state index contributed by atoms with van der Waals surface area (Å²) in [7, 11) is 0. The highest BCUT2D eigenvalue weighted by Gasteiger charge is 2.19. The zero-order valence-corrected chi connectivity index (χ0v) is 11.3. The zero-order valence-electron chi connectivity index (χ0n) is 11.3. The second-order valence-electron chi connectivity index (χ2n) is 4.95. The van der Waals surface area contributed by atoms with Crippen molar-refractivity contribution in [3.63, 3.8) is 0 Å². The Morgan fingerprint density at radius 3 is 2.62 bits per heavy atom. The van der Waals surface area contributed by atoms with Crippen LogP contribution in [0.5, 0.6) is 0 Å². The van der Waals surface area contributed by atoms with Gasteiger partial charge in [0.2, 0.25) is 0 Å². The summed E-state index contributed by atoms with van der Waals surface area (Å²) in [5.74, 6) is 0.675. The van der Waals surface area contributed by atoms with Gasteiger partial charge in [-0.15, -0.1) is 0 Å². The Hall–Kier alpha value is -0.590. The van der Waals surface area contributed by atoms with E-state index < -0.39 is 0 Å². The minimum Gasteiger partial charge on any atom is -0.289 e. The zero-order chi connectivity index (χ0) is 11.8. The molecule has 1 heteroatoms. The highest BCUT2D eigenvalue weighted by Crippen LogP contribution is 2.24. The van der Waals surface area contributed by atoms with E-state index in [1.54, 1.807) is 5.57 Å². The van der Waals surface area contributed by atoms with Gasteiger partial charge in [-0.1, -0.05) is 52.5 Å². The van der Waals surface area contributed by atoms with Crippen molar-refractivity contribution in [3.8, 4) is 0 Å². The van der Waals surface area contributed by atoms with Crippen molar-refractivity contribution < 1.29 is 0 Å². The first-order valence-electron chi connectivity index (χ1n) is 7.03. The highest BCUT2D eigenvalue weighted by molar-refractivity contribution is 6.02. The largest absolute Gasteiger partial charge is 0.289 e. The van der Waals surface area contributed by atoms with Gasteiger partial charge in [0.25, 0.3) is 0 Å². The van der Waals surface area contributed by atoms with Crippen molar-refractivity contribution in [1.29, 1.82) is 0 Å². The molecule has 0 spiro atoms. The molecule has 0 amide bonds. The Morgan fingerprint density at radius 1 is 1.19 bits per heavy atom. The number of unbranched alkanes of at least 4 members (excludes halogenated alkanes) is 4.